The second-order valence-corrected chi connectivity index (χ2v) is 8.16. The lowest BCUT2D eigenvalue weighted by Gasteiger charge is -2.41. The standard InChI is InChI=1S/C19H22O3S/c1-16-8-10-18(11-9-16)23(20,21)22-15-19(12-5-13-19)14-17-6-3-2-4-7-17/h2-4,6-11H,5,12-15H2,1H3. The Kier molecular flexibility index (Phi) is 4.55. The van der Waals surface area contributed by atoms with E-state index in [9.17, 15) is 8.42 Å². The lowest BCUT2D eigenvalue weighted by Crippen LogP contribution is -2.37. The first kappa shape index (κ1) is 16.2. The lowest BCUT2D eigenvalue weighted by atomic mass is 9.66. The van der Waals surface area contributed by atoms with E-state index in [1.165, 1.54) is 5.56 Å². The van der Waals surface area contributed by atoms with Gasteiger partial charge in [-0.2, -0.15) is 8.42 Å². The monoisotopic (exact) mass is 330 g/mol. The summed E-state index contributed by atoms with van der Waals surface area (Å²) in [5.74, 6) is 0. The summed E-state index contributed by atoms with van der Waals surface area (Å²) in [6, 6.07) is 17.0. The van der Waals surface area contributed by atoms with Gasteiger partial charge >= 0.3 is 0 Å². The van der Waals surface area contributed by atoms with Gasteiger partial charge in [0.15, 0.2) is 0 Å². The fourth-order valence-corrected chi connectivity index (χ4v) is 4.06. The maximum atomic E-state index is 12.4. The van der Waals surface area contributed by atoms with Gasteiger partial charge in [0.1, 0.15) is 0 Å². The minimum Gasteiger partial charge on any atom is -0.266 e. The van der Waals surface area contributed by atoms with E-state index in [0.29, 0.717) is 0 Å². The molecule has 1 fully saturated rings. The number of aryl methyl sites for hydroxylation is 1. The molecule has 0 amide bonds. The van der Waals surface area contributed by atoms with E-state index in [1.807, 2.05) is 25.1 Å². The molecule has 0 radical (unpaired) electrons. The zero-order valence-corrected chi connectivity index (χ0v) is 14.2. The maximum absolute atomic E-state index is 12.4. The molecule has 0 unspecified atom stereocenters. The molecule has 0 aliphatic heterocycles. The van der Waals surface area contributed by atoms with Crippen molar-refractivity contribution in [2.75, 3.05) is 6.61 Å². The summed E-state index contributed by atoms with van der Waals surface area (Å²) in [4.78, 5) is 0.234. The molecule has 0 aromatic heterocycles. The maximum Gasteiger partial charge on any atom is 0.296 e. The molecule has 0 bridgehead atoms. The van der Waals surface area contributed by atoms with Crippen molar-refractivity contribution >= 4 is 10.1 Å². The number of benzene rings is 2. The second-order valence-electron chi connectivity index (χ2n) is 6.55. The number of rotatable bonds is 6. The minimum absolute atomic E-state index is 0.0425. The third-order valence-electron chi connectivity index (χ3n) is 4.67. The third-order valence-corrected chi connectivity index (χ3v) is 5.94. The number of hydrogen-bond acceptors (Lipinski definition) is 3. The fraction of sp³-hybridized carbons (Fsp3) is 0.368. The molecule has 3 nitrogen and oxygen atoms in total. The van der Waals surface area contributed by atoms with E-state index in [2.05, 4.69) is 12.1 Å². The third kappa shape index (κ3) is 3.82. The van der Waals surface area contributed by atoms with E-state index in [-0.39, 0.29) is 16.9 Å². The highest BCUT2D eigenvalue weighted by atomic mass is 32.2. The normalized spacial score (nSPS) is 16.7. The predicted octanol–water partition coefficient (Wildman–Crippen LogP) is 4.11. The summed E-state index contributed by atoms with van der Waals surface area (Å²) in [6.07, 6.45) is 4.05. The lowest BCUT2D eigenvalue weighted by molar-refractivity contribution is 0.0613. The van der Waals surface area contributed by atoms with Gasteiger partial charge in [-0.1, -0.05) is 54.4 Å². The van der Waals surface area contributed by atoms with E-state index in [4.69, 9.17) is 4.18 Å². The van der Waals surface area contributed by atoms with Crippen LogP contribution in [0.4, 0.5) is 0 Å². The highest BCUT2D eigenvalue weighted by Gasteiger charge is 2.38. The first-order valence-electron chi connectivity index (χ1n) is 7.99. The van der Waals surface area contributed by atoms with Crippen LogP contribution in [-0.4, -0.2) is 15.0 Å². The van der Waals surface area contributed by atoms with Crippen LogP contribution in [0.1, 0.15) is 30.4 Å². The largest absolute Gasteiger partial charge is 0.296 e. The van der Waals surface area contributed by atoms with Crippen LogP contribution in [0.15, 0.2) is 59.5 Å². The van der Waals surface area contributed by atoms with Crippen LogP contribution >= 0.6 is 0 Å². The van der Waals surface area contributed by atoms with Gasteiger partial charge in [-0.05, 0) is 49.3 Å². The Balaban J connectivity index is 1.69. The van der Waals surface area contributed by atoms with Gasteiger partial charge in [0.05, 0.1) is 11.5 Å². The topological polar surface area (TPSA) is 43.4 Å². The van der Waals surface area contributed by atoms with Crippen LogP contribution in [0.5, 0.6) is 0 Å². The molecule has 0 spiro atoms. The average molecular weight is 330 g/mol. The molecule has 23 heavy (non-hydrogen) atoms. The van der Waals surface area contributed by atoms with E-state index < -0.39 is 10.1 Å². The van der Waals surface area contributed by atoms with Gasteiger partial charge in [0, 0.05) is 0 Å². The van der Waals surface area contributed by atoms with Gasteiger partial charge in [-0.25, -0.2) is 0 Å². The molecule has 0 atom stereocenters. The van der Waals surface area contributed by atoms with Crippen molar-refractivity contribution in [1.29, 1.82) is 0 Å². The van der Waals surface area contributed by atoms with E-state index in [1.54, 1.807) is 24.3 Å². The smallest absolute Gasteiger partial charge is 0.266 e. The molecule has 4 heteroatoms. The van der Waals surface area contributed by atoms with Crippen molar-refractivity contribution in [2.45, 2.75) is 37.5 Å². The molecule has 0 heterocycles. The van der Waals surface area contributed by atoms with Crippen LogP contribution in [0.2, 0.25) is 0 Å². The minimum atomic E-state index is -3.68. The molecular weight excluding hydrogens is 308 g/mol. The Hall–Kier alpha value is -1.65. The van der Waals surface area contributed by atoms with Crippen LogP contribution < -0.4 is 0 Å². The molecule has 1 aliphatic rings. The molecule has 1 aliphatic carbocycles. The summed E-state index contributed by atoms with van der Waals surface area (Å²) < 4.78 is 30.1. The van der Waals surface area contributed by atoms with Crippen molar-refractivity contribution in [3.8, 4) is 0 Å². The average Bonchev–Trinajstić information content (AvgIpc) is 2.51. The summed E-state index contributed by atoms with van der Waals surface area (Å²) in [6.45, 7) is 2.19. The molecule has 0 N–H and O–H groups in total. The first-order valence-corrected chi connectivity index (χ1v) is 9.40. The van der Waals surface area contributed by atoms with Crippen molar-refractivity contribution < 1.29 is 12.6 Å². The molecule has 1 saturated carbocycles. The fourth-order valence-electron chi connectivity index (χ4n) is 3.05. The molecule has 0 saturated heterocycles. The van der Waals surface area contributed by atoms with Gasteiger partial charge in [-0.3, -0.25) is 4.18 Å². The van der Waals surface area contributed by atoms with Crippen LogP contribution in [0.3, 0.4) is 0 Å². The first-order chi connectivity index (χ1) is 11.0. The summed E-state index contributed by atoms with van der Waals surface area (Å²) in [5.41, 5.74) is 2.23. The van der Waals surface area contributed by atoms with Gasteiger partial charge in [0.2, 0.25) is 0 Å². The van der Waals surface area contributed by atoms with Crippen molar-refractivity contribution in [3.63, 3.8) is 0 Å². The Morgan fingerprint density at radius 2 is 1.65 bits per heavy atom. The highest BCUT2D eigenvalue weighted by Crippen LogP contribution is 2.44. The van der Waals surface area contributed by atoms with E-state index in [0.717, 1.165) is 31.2 Å². The summed E-state index contributed by atoms with van der Waals surface area (Å²) >= 11 is 0. The number of hydrogen-bond donors (Lipinski definition) is 0. The molecule has 2 aromatic rings. The quantitative estimate of drug-likeness (QED) is 0.749. The Labute approximate surface area is 138 Å². The SMILES string of the molecule is Cc1ccc(S(=O)(=O)OCC2(Cc3ccccc3)CCC2)cc1. The Morgan fingerprint density at radius 3 is 2.22 bits per heavy atom. The van der Waals surface area contributed by atoms with Gasteiger partial charge in [0.25, 0.3) is 10.1 Å². The highest BCUT2D eigenvalue weighted by molar-refractivity contribution is 7.86. The van der Waals surface area contributed by atoms with E-state index >= 15 is 0 Å². The van der Waals surface area contributed by atoms with Crippen LogP contribution in [0, 0.1) is 12.3 Å². The van der Waals surface area contributed by atoms with Gasteiger partial charge < -0.3 is 0 Å². The summed E-state index contributed by atoms with van der Waals surface area (Å²) in [5, 5.41) is 0. The Bertz CT molecular complexity index is 745. The predicted molar refractivity (Wildman–Crippen MR) is 90.7 cm³/mol. The Morgan fingerprint density at radius 1 is 1.00 bits per heavy atom. The zero-order valence-electron chi connectivity index (χ0n) is 13.4. The summed E-state index contributed by atoms with van der Waals surface area (Å²) in [7, 11) is -3.68. The van der Waals surface area contributed by atoms with Crippen LogP contribution in [-0.2, 0) is 20.7 Å². The van der Waals surface area contributed by atoms with Crippen molar-refractivity contribution in [3.05, 3.63) is 65.7 Å². The zero-order chi connectivity index (χ0) is 16.3. The molecule has 122 valence electrons. The van der Waals surface area contributed by atoms with Crippen molar-refractivity contribution in [1.82, 2.24) is 0 Å². The van der Waals surface area contributed by atoms with Gasteiger partial charge in [-0.15, -0.1) is 0 Å². The molecular formula is C19H22O3S. The molecule has 2 aromatic carbocycles. The second kappa shape index (κ2) is 6.46. The van der Waals surface area contributed by atoms with Crippen LogP contribution in [0.25, 0.3) is 0 Å². The molecule has 3 rings (SSSR count). The van der Waals surface area contributed by atoms with Crippen molar-refractivity contribution in [2.24, 2.45) is 5.41 Å².